The van der Waals surface area contributed by atoms with Crippen molar-refractivity contribution in [2.45, 2.75) is 0 Å². The van der Waals surface area contributed by atoms with Gasteiger partial charge in [0.2, 0.25) is 0 Å². The predicted octanol–water partition coefficient (Wildman–Crippen LogP) is 2.06. The lowest BCUT2D eigenvalue weighted by atomic mass is 12.4. The third kappa shape index (κ3) is 6.00. The van der Waals surface area contributed by atoms with Crippen LogP contribution in [0.1, 0.15) is 0 Å². The first kappa shape index (κ1) is 8.00. The van der Waals surface area contributed by atoms with E-state index >= 15 is 0 Å². The quantitative estimate of drug-likeness (QED) is 0.436. The fourth-order valence-electron chi connectivity index (χ4n) is 0.112. The Balaban J connectivity index is 3.55. The van der Waals surface area contributed by atoms with Crippen molar-refractivity contribution < 1.29 is 0 Å². The first-order valence-electron chi connectivity index (χ1n) is 1.85. The Morgan fingerprint density at radius 3 is 1.10 bits per heavy atom. The molecule has 10 nitrogen and oxygen atoms in total. The van der Waals surface area contributed by atoms with Gasteiger partial charge in [0.1, 0.15) is 0 Å². The molecule has 0 aliphatic rings. The Labute approximate surface area is 54.1 Å². The summed E-state index contributed by atoms with van der Waals surface area (Å²) in [4.78, 5) is 0. The zero-order valence-electron chi connectivity index (χ0n) is 4.58. The van der Waals surface area contributed by atoms with Crippen molar-refractivity contribution in [1.82, 2.24) is 0 Å². The Morgan fingerprint density at radius 2 is 0.800 bits per heavy atom. The number of hydrogen-bond acceptors (Lipinski definition) is 2. The molecule has 0 aromatic rings. The Hall–Kier alpha value is -2.00. The fraction of sp³-hybridized carbons (Fsp3) is 0. The molecule has 0 aliphatic heterocycles. The third-order valence-corrected chi connectivity index (χ3v) is 0.289. The van der Waals surface area contributed by atoms with Crippen LogP contribution in [0.15, 0.2) is 41.8 Å². The predicted molar refractivity (Wildman–Crippen MR) is 24.9 cm³/mol. The number of hydrogen-bond donors (Lipinski definition) is 2. The Bertz CT molecular complexity index is 148. The molecule has 0 unspecified atom stereocenters. The lowest BCUT2D eigenvalue weighted by molar-refractivity contribution is 0.764. The van der Waals surface area contributed by atoms with E-state index in [1.54, 1.807) is 0 Å². The van der Waals surface area contributed by atoms with Crippen LogP contribution in [0, 0.1) is 11.1 Å². The molecule has 0 rings (SSSR count). The van der Waals surface area contributed by atoms with Gasteiger partial charge < -0.3 is 0 Å². The molecular weight excluding hydrogens is 140 g/mol. The van der Waals surface area contributed by atoms with Crippen LogP contribution in [-0.4, -0.2) is 0 Å². The maximum atomic E-state index is 6.08. The van der Waals surface area contributed by atoms with E-state index < -0.39 is 0 Å². The minimum absolute atomic E-state index is 2.48. The standard InChI is InChI=1S/H2N10/c1-3-5-7-9-10-8-6-4-2/h1-2H/b3-1?,4-2?,7-5+,8-6+,10-9+. The van der Waals surface area contributed by atoms with Crippen LogP contribution < -0.4 is 0 Å². The molecule has 0 spiro atoms. The molecular formula is H2N10. The molecule has 0 radical (unpaired) electrons. The van der Waals surface area contributed by atoms with Crippen LogP contribution in [0.4, 0.5) is 0 Å². The highest BCUT2D eigenvalue weighted by Crippen LogP contribution is 1.83. The van der Waals surface area contributed by atoms with E-state index in [0.29, 0.717) is 0 Å². The van der Waals surface area contributed by atoms with E-state index in [4.69, 9.17) is 11.1 Å². The minimum atomic E-state index is 2.48. The maximum Gasteiger partial charge on any atom is -0.00000108 e. The third-order valence-electron chi connectivity index (χ3n) is 0.289. The van der Waals surface area contributed by atoms with Crippen LogP contribution in [0.25, 0.3) is 0 Å². The van der Waals surface area contributed by atoms with Gasteiger partial charge in [0.15, 0.2) is 0 Å². The average Bonchev–Trinajstić information content (AvgIpc) is 1.97. The van der Waals surface area contributed by atoms with Gasteiger partial charge in [0.05, 0.1) is 0 Å². The topological polar surface area (TPSA) is 147 Å². The van der Waals surface area contributed by atoms with Gasteiger partial charge >= 0.3 is 0 Å². The zero-order chi connectivity index (χ0) is 7.66. The van der Waals surface area contributed by atoms with Crippen molar-refractivity contribution >= 4 is 0 Å². The second-order valence-electron chi connectivity index (χ2n) is 0.737. The molecule has 10 heavy (non-hydrogen) atoms. The minimum Gasteiger partial charge on any atom is -0.183 e. The summed E-state index contributed by atoms with van der Waals surface area (Å²) in [5.74, 6) is 0. The van der Waals surface area contributed by atoms with Gasteiger partial charge in [-0.05, 0) is 41.8 Å². The van der Waals surface area contributed by atoms with Crippen molar-refractivity contribution in [2.24, 2.45) is 41.8 Å². The highest BCUT2D eigenvalue weighted by atomic mass is 15.7. The molecule has 0 aliphatic carbocycles. The second kappa shape index (κ2) is 7.00. The van der Waals surface area contributed by atoms with Crippen molar-refractivity contribution in [3.05, 3.63) is 0 Å². The van der Waals surface area contributed by atoms with Crippen molar-refractivity contribution in [3.8, 4) is 0 Å². The number of rotatable bonds is 4. The molecule has 2 N–H and O–H groups in total. The van der Waals surface area contributed by atoms with Gasteiger partial charge in [-0.15, -0.1) is 0 Å². The van der Waals surface area contributed by atoms with Gasteiger partial charge in [-0.3, -0.25) is 0 Å². The Morgan fingerprint density at radius 1 is 0.500 bits per heavy atom. The smallest absolute Gasteiger partial charge is 0.00000108 e. The molecule has 0 aromatic carbocycles. The second-order valence-corrected chi connectivity index (χ2v) is 0.737. The van der Waals surface area contributed by atoms with E-state index in [0.717, 1.165) is 0 Å². The van der Waals surface area contributed by atoms with Crippen LogP contribution in [0.3, 0.4) is 0 Å². The lowest BCUT2D eigenvalue weighted by Gasteiger charge is -1.65. The molecule has 0 atom stereocenters. The molecule has 0 amide bonds. The van der Waals surface area contributed by atoms with Crippen LogP contribution in [0.2, 0.25) is 0 Å². The largest absolute Gasteiger partial charge is 0.183 e. The molecule has 0 saturated heterocycles. The molecule has 0 saturated carbocycles. The summed E-state index contributed by atoms with van der Waals surface area (Å²) in [6.07, 6.45) is 0. The molecule has 0 fully saturated rings. The zero-order valence-corrected chi connectivity index (χ0v) is 4.58. The Kier molecular flexibility index (Phi) is 5.60. The van der Waals surface area contributed by atoms with E-state index in [1.165, 1.54) is 0 Å². The molecule has 52 valence electrons. The van der Waals surface area contributed by atoms with Crippen LogP contribution >= 0.6 is 0 Å². The summed E-state index contributed by atoms with van der Waals surface area (Å²) in [6.45, 7) is 0. The summed E-state index contributed by atoms with van der Waals surface area (Å²) in [5, 5.41) is 21.8. The lowest BCUT2D eigenvalue weighted by Crippen LogP contribution is -1.46. The monoisotopic (exact) mass is 142 g/mol. The summed E-state index contributed by atoms with van der Waals surface area (Å²) < 4.78 is 0. The number of nitrogens with zero attached hydrogens (tertiary/aromatic N) is 8. The highest BCUT2D eigenvalue weighted by Gasteiger charge is 1.64. The van der Waals surface area contributed by atoms with Crippen molar-refractivity contribution in [1.29, 1.82) is 11.1 Å². The molecule has 0 heterocycles. The highest BCUT2D eigenvalue weighted by molar-refractivity contribution is 4.06. The van der Waals surface area contributed by atoms with Gasteiger partial charge in [-0.1, -0.05) is 0 Å². The van der Waals surface area contributed by atoms with Gasteiger partial charge in [-0.2, -0.15) is 11.1 Å². The molecule has 0 bridgehead atoms. The van der Waals surface area contributed by atoms with Crippen molar-refractivity contribution in [3.63, 3.8) is 0 Å². The first-order chi connectivity index (χ1) is 4.91. The average molecular weight is 142 g/mol. The van der Waals surface area contributed by atoms with E-state index in [1.807, 2.05) is 0 Å². The number of nitrogens with one attached hydrogen (secondary N) is 2. The van der Waals surface area contributed by atoms with Crippen molar-refractivity contribution in [2.75, 3.05) is 0 Å². The maximum absolute atomic E-state index is 6.08. The van der Waals surface area contributed by atoms with Crippen LogP contribution in [-0.2, 0) is 0 Å². The normalized spacial score (nSPS) is 11.6. The summed E-state index contributed by atoms with van der Waals surface area (Å²) in [5.41, 5.74) is 12.2. The van der Waals surface area contributed by atoms with Gasteiger partial charge in [-0.25, -0.2) is 0 Å². The first-order valence-corrected chi connectivity index (χ1v) is 1.85. The van der Waals surface area contributed by atoms with Gasteiger partial charge in [0.25, 0.3) is 0 Å². The van der Waals surface area contributed by atoms with E-state index in [-0.39, 0.29) is 0 Å². The van der Waals surface area contributed by atoms with E-state index in [9.17, 15) is 0 Å². The molecule has 10 heteroatoms. The van der Waals surface area contributed by atoms with E-state index in [2.05, 4.69) is 41.8 Å². The summed E-state index contributed by atoms with van der Waals surface area (Å²) >= 11 is 0. The van der Waals surface area contributed by atoms with Crippen LogP contribution in [0.5, 0.6) is 0 Å². The summed E-state index contributed by atoms with van der Waals surface area (Å²) in [6, 6.07) is 0. The molecule has 0 aromatic heterocycles. The SMILES string of the molecule is N=N/N=N/N=N/N=N/N=N. The summed E-state index contributed by atoms with van der Waals surface area (Å²) in [7, 11) is 0. The fourth-order valence-corrected chi connectivity index (χ4v) is 0.112. The van der Waals surface area contributed by atoms with Gasteiger partial charge in [0, 0.05) is 0 Å².